The third-order valence-electron chi connectivity index (χ3n) is 5.33. The van der Waals surface area contributed by atoms with Crippen molar-refractivity contribution in [1.29, 1.82) is 0 Å². The van der Waals surface area contributed by atoms with Gasteiger partial charge in [-0.05, 0) is 50.2 Å². The van der Waals surface area contributed by atoms with E-state index in [1.54, 1.807) is 51.1 Å². The predicted molar refractivity (Wildman–Crippen MR) is 125 cm³/mol. The van der Waals surface area contributed by atoms with Gasteiger partial charge in [-0.25, -0.2) is 4.79 Å². The molecule has 1 aliphatic heterocycles. The van der Waals surface area contributed by atoms with Gasteiger partial charge in [0.25, 0.3) is 0 Å². The number of halogens is 1. The van der Waals surface area contributed by atoms with Crippen molar-refractivity contribution in [2.24, 2.45) is 5.41 Å². The first kappa shape index (κ1) is 24.1. The molecule has 1 unspecified atom stereocenters. The van der Waals surface area contributed by atoms with Gasteiger partial charge in [0.15, 0.2) is 11.9 Å². The van der Waals surface area contributed by atoms with Crippen molar-refractivity contribution in [1.82, 2.24) is 0 Å². The Labute approximate surface area is 193 Å². The molecule has 0 saturated heterocycles. The fourth-order valence-electron chi connectivity index (χ4n) is 3.32. The average molecular weight is 477 g/mol. The Hall–Kier alpha value is -2.50. The van der Waals surface area contributed by atoms with Crippen molar-refractivity contribution in [3.8, 4) is 17.6 Å². The van der Waals surface area contributed by atoms with E-state index >= 15 is 0 Å². The van der Waals surface area contributed by atoms with Crippen molar-refractivity contribution >= 4 is 33.9 Å². The van der Waals surface area contributed by atoms with Crippen LogP contribution in [0.25, 0.3) is 0 Å². The summed E-state index contributed by atoms with van der Waals surface area (Å²) in [6.45, 7) is 8.32. The Bertz CT molecular complexity index is 1170. The van der Waals surface area contributed by atoms with Gasteiger partial charge in [0.1, 0.15) is 10.5 Å². The number of rotatable bonds is 3. The number of aliphatic carboxylic acids is 1. The summed E-state index contributed by atoms with van der Waals surface area (Å²) in [5.41, 5.74) is 0.466. The molecular weight excluding hydrogens is 452 g/mol. The van der Waals surface area contributed by atoms with Crippen LogP contribution in [0, 0.1) is 17.3 Å². The molecule has 1 aliphatic rings. The Morgan fingerprint density at radius 3 is 2.38 bits per heavy atom. The van der Waals surface area contributed by atoms with Crippen molar-refractivity contribution in [3.63, 3.8) is 0 Å². The predicted octanol–water partition coefficient (Wildman–Crippen LogP) is 5.70. The molecule has 1 atom stereocenters. The zero-order chi connectivity index (χ0) is 24.1. The van der Waals surface area contributed by atoms with E-state index in [0.29, 0.717) is 16.1 Å². The first-order valence-corrected chi connectivity index (χ1v) is 11.8. The molecule has 2 aromatic carbocycles. The van der Waals surface area contributed by atoms with Crippen molar-refractivity contribution in [2.45, 2.75) is 50.4 Å². The lowest BCUT2D eigenvalue weighted by atomic mass is 9.89. The van der Waals surface area contributed by atoms with E-state index < -0.39 is 32.8 Å². The number of carbonyl (C=O) groups is 2. The molecule has 0 radical (unpaired) electrons. The second-order valence-electron chi connectivity index (χ2n) is 9.19. The van der Waals surface area contributed by atoms with Gasteiger partial charge in [0, 0.05) is 21.6 Å². The molecule has 170 valence electrons. The summed E-state index contributed by atoms with van der Waals surface area (Å²) in [6.07, 6.45) is -1.11. The van der Waals surface area contributed by atoms with E-state index in [-0.39, 0.29) is 22.0 Å². The number of carboxylic acids is 1. The highest BCUT2D eigenvalue weighted by molar-refractivity contribution is 8.26. The third kappa shape index (κ3) is 4.24. The molecule has 0 saturated carbocycles. The molecule has 32 heavy (non-hydrogen) atoms. The number of carbonyl (C=O) groups excluding carboxylic acids is 1. The first-order chi connectivity index (χ1) is 14.7. The van der Waals surface area contributed by atoms with Gasteiger partial charge in [-0.3, -0.25) is 13.9 Å². The summed E-state index contributed by atoms with van der Waals surface area (Å²) >= 11 is 6.11. The van der Waals surface area contributed by atoms with Crippen LogP contribution >= 0.6 is 22.2 Å². The molecule has 6 nitrogen and oxygen atoms in total. The van der Waals surface area contributed by atoms with E-state index in [1.807, 2.05) is 0 Å². The number of fused-ring (bicyclic) bond motifs is 1. The minimum atomic E-state index is -3.32. The van der Waals surface area contributed by atoms with Gasteiger partial charge >= 0.3 is 5.97 Å². The summed E-state index contributed by atoms with van der Waals surface area (Å²) in [7, 11) is -3.32. The van der Waals surface area contributed by atoms with Crippen molar-refractivity contribution in [2.75, 3.05) is 0 Å². The topological polar surface area (TPSA) is 104 Å². The third-order valence-corrected chi connectivity index (χ3v) is 8.12. The monoisotopic (exact) mass is 476 g/mol. The molecule has 0 amide bonds. The second kappa shape index (κ2) is 8.13. The largest absolute Gasteiger partial charge is 0.478 e. The minimum Gasteiger partial charge on any atom is -0.478 e. The molecule has 3 N–H and O–H groups in total. The van der Waals surface area contributed by atoms with E-state index in [1.165, 1.54) is 19.9 Å². The summed E-state index contributed by atoms with van der Waals surface area (Å²) in [4.78, 5) is 24.4. The van der Waals surface area contributed by atoms with Crippen LogP contribution in [0.2, 0.25) is 5.02 Å². The smallest absolute Gasteiger partial charge is 0.345 e. The summed E-state index contributed by atoms with van der Waals surface area (Å²) in [6, 6.07) is 9.39. The van der Waals surface area contributed by atoms with Crippen LogP contribution in [0.4, 0.5) is 0 Å². The van der Waals surface area contributed by atoms with Gasteiger partial charge in [-0.15, -0.1) is 0 Å². The summed E-state index contributed by atoms with van der Waals surface area (Å²) in [5.74, 6) is 4.70. The molecule has 3 rings (SSSR count). The molecule has 8 heteroatoms. The van der Waals surface area contributed by atoms with Crippen LogP contribution in [0.1, 0.15) is 56.1 Å². The highest BCUT2D eigenvalue weighted by Gasteiger charge is 2.51. The van der Waals surface area contributed by atoms with Crippen LogP contribution in [-0.2, 0) is 4.79 Å². The lowest BCUT2D eigenvalue weighted by molar-refractivity contribution is -0.150. The van der Waals surface area contributed by atoms with Crippen LogP contribution < -0.4 is 4.74 Å². The SMILES string of the molecule is CC(C)(C)C(Oc1ccc(Cl)cc1C#Cc1ccc2c(c1)S(O)(O)C(C)(C)C2=O)C(=O)O. The number of Topliss-reactive ketones (excluding diaryl/α,β-unsaturated/α-hetero) is 1. The Morgan fingerprint density at radius 1 is 1.12 bits per heavy atom. The summed E-state index contributed by atoms with van der Waals surface area (Å²) < 4.78 is 25.8. The number of carboxylic acid groups (broad SMARTS) is 1. The van der Waals surface area contributed by atoms with Gasteiger partial charge < -0.3 is 9.84 Å². The molecule has 1 heterocycles. The maximum atomic E-state index is 12.5. The lowest BCUT2D eigenvalue weighted by Crippen LogP contribution is -2.39. The van der Waals surface area contributed by atoms with E-state index in [0.717, 1.165) is 0 Å². The minimum absolute atomic E-state index is 0.181. The van der Waals surface area contributed by atoms with Crippen LogP contribution in [0.5, 0.6) is 5.75 Å². The zero-order valence-electron chi connectivity index (χ0n) is 18.4. The number of ether oxygens (including phenoxy) is 1. The standard InChI is InChI=1S/C24H25ClO6S/c1-23(2,3)21(22(27)28)31-18-11-9-16(25)13-15(18)8-6-14-7-10-17-19(12-14)32(29,30)24(4,5)20(17)26/h7,9-13,21,29-30H,1-5H3,(H,27,28). The van der Waals surface area contributed by atoms with E-state index in [2.05, 4.69) is 11.8 Å². The fraction of sp³-hybridized carbons (Fsp3) is 0.333. The molecule has 0 aliphatic carbocycles. The molecular formula is C24H25ClO6S. The quantitative estimate of drug-likeness (QED) is 0.491. The van der Waals surface area contributed by atoms with Crippen LogP contribution in [-0.4, -0.2) is 36.8 Å². The van der Waals surface area contributed by atoms with Gasteiger partial charge in [0.05, 0.1) is 10.5 Å². The highest BCUT2D eigenvalue weighted by Crippen LogP contribution is 2.65. The molecule has 0 spiro atoms. The number of ketones is 1. The van der Waals surface area contributed by atoms with Crippen LogP contribution in [0.15, 0.2) is 41.3 Å². The second-order valence-corrected chi connectivity index (χ2v) is 12.2. The molecule has 2 aromatic rings. The van der Waals surface area contributed by atoms with Crippen molar-refractivity contribution in [3.05, 3.63) is 58.1 Å². The zero-order valence-corrected chi connectivity index (χ0v) is 20.0. The number of hydrogen-bond acceptors (Lipinski definition) is 5. The Kier molecular flexibility index (Phi) is 6.13. The number of benzene rings is 2. The fourth-order valence-corrected chi connectivity index (χ4v) is 5.17. The average Bonchev–Trinajstić information content (AvgIpc) is 2.81. The van der Waals surface area contributed by atoms with Gasteiger partial charge in [-0.2, -0.15) is 10.6 Å². The lowest BCUT2D eigenvalue weighted by Gasteiger charge is -2.39. The van der Waals surface area contributed by atoms with E-state index in [9.17, 15) is 23.8 Å². The van der Waals surface area contributed by atoms with E-state index in [4.69, 9.17) is 16.3 Å². The normalized spacial score (nSPS) is 18.2. The van der Waals surface area contributed by atoms with Gasteiger partial charge in [-0.1, -0.05) is 44.2 Å². The molecule has 0 aromatic heterocycles. The maximum absolute atomic E-state index is 12.5. The molecule has 0 bridgehead atoms. The Morgan fingerprint density at radius 2 is 1.78 bits per heavy atom. The Balaban J connectivity index is 2.01. The maximum Gasteiger partial charge on any atom is 0.345 e. The highest BCUT2D eigenvalue weighted by atomic mass is 35.5. The van der Waals surface area contributed by atoms with Crippen molar-refractivity contribution < 1.29 is 28.5 Å². The van der Waals surface area contributed by atoms with Crippen LogP contribution in [0.3, 0.4) is 0 Å². The molecule has 0 fully saturated rings. The van der Waals surface area contributed by atoms with Gasteiger partial charge in [0.2, 0.25) is 0 Å². The number of hydrogen-bond donors (Lipinski definition) is 3. The first-order valence-electron chi connectivity index (χ1n) is 9.84. The summed E-state index contributed by atoms with van der Waals surface area (Å²) in [5, 5.41) is 9.97.